The maximum absolute atomic E-state index is 12.6. The molecular weight excluding hydrogens is 314 g/mol. The number of thiophene rings is 1. The Bertz CT molecular complexity index is 759. The normalized spacial score (nSPS) is 12.0. The van der Waals surface area contributed by atoms with E-state index in [1.807, 2.05) is 17.5 Å². The van der Waals surface area contributed by atoms with Crippen molar-refractivity contribution in [2.45, 2.75) is 25.3 Å². The van der Waals surface area contributed by atoms with Crippen LogP contribution in [-0.2, 0) is 16.6 Å². The molecule has 0 saturated heterocycles. The second-order valence-electron chi connectivity index (χ2n) is 4.56. The zero-order chi connectivity index (χ0) is 15.8. The predicted molar refractivity (Wildman–Crippen MR) is 78.1 cm³/mol. The molecule has 0 saturated carbocycles. The highest BCUT2D eigenvalue weighted by molar-refractivity contribution is 7.89. The summed E-state index contributed by atoms with van der Waals surface area (Å²) in [5.41, 5.74) is -0.300. The van der Waals surface area contributed by atoms with Crippen molar-refractivity contribution < 1.29 is 22.7 Å². The highest BCUT2D eigenvalue weighted by atomic mass is 32.2. The number of aromatic carboxylic acids is 1. The molecule has 0 unspecified atom stereocenters. The van der Waals surface area contributed by atoms with Gasteiger partial charge in [0.1, 0.15) is 22.0 Å². The molecule has 0 atom stereocenters. The first-order chi connectivity index (χ1) is 9.75. The quantitative estimate of drug-likeness (QED) is 0.910. The van der Waals surface area contributed by atoms with Gasteiger partial charge in [-0.1, -0.05) is 6.07 Å². The van der Waals surface area contributed by atoms with Gasteiger partial charge >= 0.3 is 5.97 Å². The molecule has 0 spiro atoms. The van der Waals surface area contributed by atoms with Crippen LogP contribution in [0.25, 0.3) is 0 Å². The van der Waals surface area contributed by atoms with Gasteiger partial charge in [-0.2, -0.15) is 4.31 Å². The lowest BCUT2D eigenvalue weighted by molar-refractivity contribution is 0.0691. The number of rotatable bonds is 5. The highest BCUT2D eigenvalue weighted by Crippen LogP contribution is 2.29. The smallest absolute Gasteiger partial charge is 0.340 e. The Morgan fingerprint density at radius 3 is 2.57 bits per heavy atom. The molecule has 6 nitrogen and oxygen atoms in total. The molecule has 0 aliphatic rings. The van der Waals surface area contributed by atoms with Crippen LogP contribution in [-0.4, -0.2) is 30.8 Å². The van der Waals surface area contributed by atoms with Crippen molar-refractivity contribution >= 4 is 27.3 Å². The lowest BCUT2D eigenvalue weighted by atomic mass is 10.2. The molecule has 0 aromatic carbocycles. The third-order valence-electron chi connectivity index (χ3n) is 3.05. The Balaban J connectivity index is 2.47. The van der Waals surface area contributed by atoms with Gasteiger partial charge in [-0.05, 0) is 25.3 Å². The first-order valence-corrected chi connectivity index (χ1v) is 8.39. The van der Waals surface area contributed by atoms with Crippen molar-refractivity contribution in [3.63, 3.8) is 0 Å². The van der Waals surface area contributed by atoms with E-state index in [1.165, 1.54) is 32.2 Å². The van der Waals surface area contributed by atoms with Gasteiger partial charge in [0.2, 0.25) is 10.0 Å². The molecule has 0 amide bonds. The lowest BCUT2D eigenvalue weighted by Gasteiger charge is -2.16. The molecule has 0 aliphatic heterocycles. The van der Waals surface area contributed by atoms with E-state index < -0.39 is 16.0 Å². The van der Waals surface area contributed by atoms with Gasteiger partial charge in [0.15, 0.2) is 0 Å². The van der Waals surface area contributed by atoms with Crippen molar-refractivity contribution in [3.05, 3.63) is 39.5 Å². The fourth-order valence-corrected chi connectivity index (χ4v) is 4.44. The average Bonchev–Trinajstić information content (AvgIpc) is 2.96. The number of hydrogen-bond acceptors (Lipinski definition) is 5. The third kappa shape index (κ3) is 2.87. The van der Waals surface area contributed by atoms with Crippen LogP contribution < -0.4 is 0 Å². The number of furan rings is 1. The van der Waals surface area contributed by atoms with Crippen LogP contribution >= 0.6 is 11.3 Å². The maximum Gasteiger partial charge on any atom is 0.340 e. The molecule has 1 N–H and O–H groups in total. The van der Waals surface area contributed by atoms with Gasteiger partial charge in [0, 0.05) is 18.5 Å². The summed E-state index contributed by atoms with van der Waals surface area (Å²) in [7, 11) is -2.52. The Morgan fingerprint density at radius 1 is 1.38 bits per heavy atom. The second kappa shape index (κ2) is 5.63. The molecule has 21 heavy (non-hydrogen) atoms. The number of carboxylic acid groups (broad SMARTS) is 1. The topological polar surface area (TPSA) is 87.8 Å². The van der Waals surface area contributed by atoms with Crippen molar-refractivity contribution in [3.8, 4) is 0 Å². The summed E-state index contributed by atoms with van der Waals surface area (Å²) in [6.45, 7) is 3.07. The number of hydrogen-bond donors (Lipinski definition) is 1. The number of carbonyl (C=O) groups is 1. The Hall–Kier alpha value is -1.64. The first-order valence-electron chi connectivity index (χ1n) is 6.07. The van der Waals surface area contributed by atoms with E-state index >= 15 is 0 Å². The van der Waals surface area contributed by atoms with Crippen LogP contribution in [0.5, 0.6) is 0 Å². The largest absolute Gasteiger partial charge is 0.478 e. The van der Waals surface area contributed by atoms with Crippen LogP contribution in [0.4, 0.5) is 0 Å². The van der Waals surface area contributed by atoms with E-state index in [1.54, 1.807) is 0 Å². The van der Waals surface area contributed by atoms with Gasteiger partial charge in [0.25, 0.3) is 0 Å². The van der Waals surface area contributed by atoms with E-state index in [9.17, 15) is 18.3 Å². The maximum atomic E-state index is 12.6. The monoisotopic (exact) mass is 329 g/mol. The molecule has 2 aromatic rings. The van der Waals surface area contributed by atoms with Crippen LogP contribution in [0.3, 0.4) is 0 Å². The van der Waals surface area contributed by atoms with Gasteiger partial charge < -0.3 is 9.52 Å². The minimum absolute atomic E-state index is 0.0860. The van der Waals surface area contributed by atoms with Crippen LogP contribution in [0.1, 0.15) is 26.8 Å². The SMILES string of the molecule is Cc1oc(C)c(S(=O)(=O)N(C)Cc2cccs2)c1C(=O)O. The van der Waals surface area contributed by atoms with E-state index in [0.717, 1.165) is 9.18 Å². The van der Waals surface area contributed by atoms with Crippen molar-refractivity contribution in [2.75, 3.05) is 7.05 Å². The Morgan fingerprint density at radius 2 is 2.05 bits per heavy atom. The summed E-state index contributed by atoms with van der Waals surface area (Å²) >= 11 is 1.44. The molecule has 0 aliphatic carbocycles. The fourth-order valence-electron chi connectivity index (χ4n) is 2.08. The predicted octanol–water partition coefficient (Wildman–Crippen LogP) is 2.48. The van der Waals surface area contributed by atoms with E-state index in [4.69, 9.17) is 4.42 Å². The zero-order valence-electron chi connectivity index (χ0n) is 11.8. The molecule has 2 heterocycles. The summed E-state index contributed by atoms with van der Waals surface area (Å²) in [4.78, 5) is 11.9. The van der Waals surface area contributed by atoms with Gasteiger partial charge in [-0.15, -0.1) is 11.3 Å². The summed E-state index contributed by atoms with van der Waals surface area (Å²) in [5.74, 6) is -1.14. The standard InChI is InChI=1S/C13H15NO5S2/c1-8-11(13(15)16)12(9(2)19-8)21(17,18)14(3)7-10-5-4-6-20-10/h4-6H,7H2,1-3H3,(H,15,16). The summed E-state index contributed by atoms with van der Waals surface area (Å²) in [5, 5.41) is 11.1. The van der Waals surface area contributed by atoms with Crippen LogP contribution in [0, 0.1) is 13.8 Å². The van der Waals surface area contributed by atoms with Gasteiger partial charge in [-0.3, -0.25) is 0 Å². The van der Waals surface area contributed by atoms with Crippen molar-refractivity contribution in [1.29, 1.82) is 0 Å². The second-order valence-corrected chi connectivity index (χ2v) is 7.58. The molecular formula is C13H15NO5S2. The zero-order valence-corrected chi connectivity index (χ0v) is 13.4. The summed E-state index contributed by atoms with van der Waals surface area (Å²) in [6, 6.07) is 3.65. The molecule has 0 fully saturated rings. The average molecular weight is 329 g/mol. The molecule has 2 rings (SSSR count). The molecule has 8 heteroatoms. The number of sulfonamides is 1. The third-order valence-corrected chi connectivity index (χ3v) is 5.86. The van der Waals surface area contributed by atoms with E-state index in [-0.39, 0.29) is 28.5 Å². The summed E-state index contributed by atoms with van der Waals surface area (Å²) in [6.07, 6.45) is 0. The van der Waals surface area contributed by atoms with Gasteiger partial charge in [0.05, 0.1) is 0 Å². The molecule has 2 aromatic heterocycles. The van der Waals surface area contributed by atoms with Crippen LogP contribution in [0.15, 0.2) is 26.8 Å². The first kappa shape index (κ1) is 15.7. The number of carboxylic acids is 1. The molecule has 0 bridgehead atoms. The van der Waals surface area contributed by atoms with Crippen LogP contribution in [0.2, 0.25) is 0 Å². The number of aryl methyl sites for hydroxylation is 2. The number of nitrogens with zero attached hydrogens (tertiary/aromatic N) is 1. The van der Waals surface area contributed by atoms with Crippen molar-refractivity contribution in [1.82, 2.24) is 4.31 Å². The fraction of sp³-hybridized carbons (Fsp3) is 0.308. The Kier molecular flexibility index (Phi) is 4.22. The highest BCUT2D eigenvalue weighted by Gasteiger charge is 2.33. The Labute approximate surface area is 126 Å². The molecule has 0 radical (unpaired) electrons. The molecule has 114 valence electrons. The van der Waals surface area contributed by atoms with Gasteiger partial charge in [-0.25, -0.2) is 13.2 Å². The lowest BCUT2D eigenvalue weighted by Crippen LogP contribution is -2.27. The van der Waals surface area contributed by atoms with Crippen molar-refractivity contribution in [2.24, 2.45) is 0 Å². The summed E-state index contributed by atoms with van der Waals surface area (Å²) < 4.78 is 31.6. The minimum Gasteiger partial charge on any atom is -0.478 e. The van der Waals surface area contributed by atoms with E-state index in [2.05, 4.69) is 0 Å². The van der Waals surface area contributed by atoms with E-state index in [0.29, 0.717) is 0 Å². The minimum atomic E-state index is -3.94.